The van der Waals surface area contributed by atoms with Crippen molar-refractivity contribution in [2.24, 2.45) is 5.73 Å². The van der Waals surface area contributed by atoms with E-state index in [1.54, 1.807) is 12.1 Å². The van der Waals surface area contributed by atoms with Crippen molar-refractivity contribution >= 4 is 47.2 Å². The fourth-order valence-electron chi connectivity index (χ4n) is 3.86. The normalized spacial score (nSPS) is 13.9. The van der Waals surface area contributed by atoms with Crippen LogP contribution in [-0.2, 0) is 32.0 Å². The van der Waals surface area contributed by atoms with Crippen LogP contribution in [-0.4, -0.2) is 82.1 Å². The highest BCUT2D eigenvalue weighted by Crippen LogP contribution is 2.12. The maximum atomic E-state index is 13.4. The van der Waals surface area contributed by atoms with Crippen molar-refractivity contribution in [3.05, 3.63) is 65.7 Å². The molecule has 0 fully saturated rings. The van der Waals surface area contributed by atoms with Gasteiger partial charge in [-0.3, -0.25) is 14.4 Å². The number of carboxylic acid groups (broad SMARTS) is 1. The molecule has 2 aromatic carbocycles. The van der Waals surface area contributed by atoms with Crippen molar-refractivity contribution in [1.29, 1.82) is 0 Å². The Morgan fingerprint density at radius 3 is 1.80 bits per heavy atom. The maximum absolute atomic E-state index is 13.4. The van der Waals surface area contributed by atoms with Crippen LogP contribution >= 0.6 is 23.5 Å². The van der Waals surface area contributed by atoms with Gasteiger partial charge in [0.1, 0.15) is 23.9 Å². The van der Waals surface area contributed by atoms with E-state index in [1.807, 2.05) is 42.8 Å². The number of nitrogens with two attached hydrogens (primary N) is 1. The van der Waals surface area contributed by atoms with Crippen LogP contribution in [0.25, 0.3) is 0 Å². The molecule has 3 amide bonds. The highest BCUT2D eigenvalue weighted by molar-refractivity contribution is 7.98. The second-order valence-electron chi connectivity index (χ2n) is 9.25. The second kappa shape index (κ2) is 17.5. The van der Waals surface area contributed by atoms with Crippen LogP contribution in [0.5, 0.6) is 5.75 Å². The van der Waals surface area contributed by atoms with Crippen molar-refractivity contribution in [2.45, 2.75) is 49.9 Å². The number of amides is 3. The van der Waals surface area contributed by atoms with Crippen molar-refractivity contribution < 1.29 is 29.4 Å². The van der Waals surface area contributed by atoms with Gasteiger partial charge in [-0.05, 0) is 66.5 Å². The number of thioether (sulfide) groups is 2. The number of carbonyl (C=O) groups excluding carboxylic acids is 3. The van der Waals surface area contributed by atoms with Gasteiger partial charge in [0.25, 0.3) is 0 Å². The van der Waals surface area contributed by atoms with Crippen molar-refractivity contribution in [3.63, 3.8) is 0 Å². The lowest BCUT2D eigenvalue weighted by Gasteiger charge is -2.25. The summed E-state index contributed by atoms with van der Waals surface area (Å²) in [6.45, 7) is 0. The molecule has 7 N–H and O–H groups in total. The number of hydrogen-bond acceptors (Lipinski definition) is 8. The molecule has 0 saturated heterocycles. The first-order valence-corrected chi connectivity index (χ1v) is 15.6. The number of carbonyl (C=O) groups is 4. The fraction of sp³-hybridized carbons (Fsp3) is 0.429. The molecule has 218 valence electrons. The molecular weight excluding hydrogens is 552 g/mol. The molecule has 0 spiro atoms. The number of phenolic OH excluding ortho intramolecular Hbond substituents is 1. The van der Waals surface area contributed by atoms with E-state index in [2.05, 4.69) is 16.0 Å². The number of aromatic hydroxyl groups is 1. The predicted octanol–water partition coefficient (Wildman–Crippen LogP) is 1.55. The minimum Gasteiger partial charge on any atom is -0.508 e. The molecular formula is C28H38N4O6S2. The monoisotopic (exact) mass is 590 g/mol. The summed E-state index contributed by atoms with van der Waals surface area (Å²) in [4.78, 5) is 51.2. The number of aliphatic carboxylic acids is 1. The Balaban J connectivity index is 2.17. The predicted molar refractivity (Wildman–Crippen MR) is 159 cm³/mol. The zero-order chi connectivity index (χ0) is 29.5. The quantitative estimate of drug-likeness (QED) is 0.160. The number of phenols is 1. The standard InChI is InChI=1S/C28H38N4O6S2/c1-39-14-12-22(30-25(34)21(29)16-19-8-10-20(33)11-9-19)26(35)32-24(17-18-6-4-3-5-7-18)27(36)31-23(28(37)38)13-15-40-2/h3-11,21-24,33H,12-17,29H2,1-2H3,(H,30,34)(H,31,36)(H,32,35)(H,37,38). The van der Waals surface area contributed by atoms with E-state index in [4.69, 9.17) is 5.73 Å². The van der Waals surface area contributed by atoms with E-state index in [0.717, 1.165) is 11.1 Å². The Kier molecular flexibility index (Phi) is 14.4. The summed E-state index contributed by atoms with van der Waals surface area (Å²) < 4.78 is 0. The lowest BCUT2D eigenvalue weighted by molar-refractivity contribution is -0.142. The van der Waals surface area contributed by atoms with Gasteiger partial charge in [-0.2, -0.15) is 23.5 Å². The number of hydrogen-bond donors (Lipinski definition) is 6. The van der Waals surface area contributed by atoms with Gasteiger partial charge in [0.05, 0.1) is 6.04 Å². The molecule has 0 aliphatic rings. The first-order chi connectivity index (χ1) is 19.1. The summed E-state index contributed by atoms with van der Waals surface area (Å²) in [5, 5.41) is 27.0. The molecule has 0 radical (unpaired) electrons. The summed E-state index contributed by atoms with van der Waals surface area (Å²) in [5.41, 5.74) is 7.63. The topological polar surface area (TPSA) is 171 Å². The second-order valence-corrected chi connectivity index (χ2v) is 11.2. The van der Waals surface area contributed by atoms with Crippen molar-refractivity contribution in [1.82, 2.24) is 16.0 Å². The van der Waals surface area contributed by atoms with Crippen LogP contribution in [0.15, 0.2) is 54.6 Å². The molecule has 4 unspecified atom stereocenters. The third-order valence-corrected chi connectivity index (χ3v) is 7.40. The Labute approximate surface area is 243 Å². The molecule has 0 aromatic heterocycles. The van der Waals surface area contributed by atoms with Crippen LogP contribution in [0.2, 0.25) is 0 Å². The maximum Gasteiger partial charge on any atom is 0.326 e. The highest BCUT2D eigenvalue weighted by atomic mass is 32.2. The smallest absolute Gasteiger partial charge is 0.326 e. The van der Waals surface area contributed by atoms with Gasteiger partial charge >= 0.3 is 5.97 Å². The lowest BCUT2D eigenvalue weighted by atomic mass is 10.0. The van der Waals surface area contributed by atoms with Gasteiger partial charge in [0, 0.05) is 6.42 Å². The zero-order valence-electron chi connectivity index (χ0n) is 22.7. The number of nitrogens with one attached hydrogen (secondary N) is 3. The van der Waals surface area contributed by atoms with E-state index in [0.29, 0.717) is 17.9 Å². The number of benzene rings is 2. The molecule has 0 heterocycles. The van der Waals surface area contributed by atoms with Gasteiger partial charge in [-0.1, -0.05) is 42.5 Å². The molecule has 0 aliphatic heterocycles. The van der Waals surface area contributed by atoms with Gasteiger partial charge in [-0.25, -0.2) is 4.79 Å². The largest absolute Gasteiger partial charge is 0.508 e. The summed E-state index contributed by atoms with van der Waals surface area (Å²) >= 11 is 2.97. The summed E-state index contributed by atoms with van der Waals surface area (Å²) in [6, 6.07) is 11.3. The van der Waals surface area contributed by atoms with Gasteiger partial charge in [0.15, 0.2) is 0 Å². The first-order valence-electron chi connectivity index (χ1n) is 12.8. The minimum atomic E-state index is -1.15. The van der Waals surface area contributed by atoms with Crippen LogP contribution in [0.3, 0.4) is 0 Å². The van der Waals surface area contributed by atoms with E-state index in [-0.39, 0.29) is 25.0 Å². The molecule has 2 aromatic rings. The van der Waals surface area contributed by atoms with E-state index < -0.39 is 47.9 Å². The minimum absolute atomic E-state index is 0.101. The molecule has 2 rings (SSSR count). The molecule has 10 nitrogen and oxygen atoms in total. The highest BCUT2D eigenvalue weighted by Gasteiger charge is 2.30. The van der Waals surface area contributed by atoms with Crippen LogP contribution < -0.4 is 21.7 Å². The Bertz CT molecular complexity index is 1100. The lowest BCUT2D eigenvalue weighted by Crippen LogP contribution is -2.58. The van der Waals surface area contributed by atoms with Gasteiger partial charge in [0.2, 0.25) is 17.7 Å². The van der Waals surface area contributed by atoms with Crippen LogP contribution in [0.4, 0.5) is 0 Å². The van der Waals surface area contributed by atoms with E-state index in [9.17, 15) is 29.4 Å². The number of rotatable bonds is 17. The summed E-state index contributed by atoms with van der Waals surface area (Å²) in [7, 11) is 0. The Morgan fingerprint density at radius 2 is 1.23 bits per heavy atom. The third-order valence-electron chi connectivity index (χ3n) is 6.11. The molecule has 40 heavy (non-hydrogen) atoms. The van der Waals surface area contributed by atoms with E-state index in [1.165, 1.54) is 35.7 Å². The Morgan fingerprint density at radius 1 is 0.725 bits per heavy atom. The Hall–Kier alpha value is -3.22. The third kappa shape index (κ3) is 11.5. The summed E-state index contributed by atoms with van der Waals surface area (Å²) in [6.07, 6.45) is 4.60. The molecule has 0 bridgehead atoms. The van der Waals surface area contributed by atoms with Gasteiger partial charge in [-0.15, -0.1) is 0 Å². The van der Waals surface area contributed by atoms with Crippen molar-refractivity contribution in [3.8, 4) is 5.75 Å². The molecule has 12 heteroatoms. The first kappa shape index (κ1) is 33.0. The van der Waals surface area contributed by atoms with E-state index >= 15 is 0 Å². The molecule has 4 atom stereocenters. The fourth-order valence-corrected chi connectivity index (χ4v) is 4.80. The molecule has 0 saturated carbocycles. The molecule has 0 aliphatic carbocycles. The van der Waals surface area contributed by atoms with Crippen molar-refractivity contribution in [2.75, 3.05) is 24.0 Å². The van der Waals surface area contributed by atoms with Gasteiger partial charge < -0.3 is 31.9 Å². The number of carboxylic acids is 1. The van der Waals surface area contributed by atoms with Crippen LogP contribution in [0, 0.1) is 0 Å². The summed E-state index contributed by atoms with van der Waals surface area (Å²) in [5.74, 6) is -1.65. The average molecular weight is 591 g/mol. The van der Waals surface area contributed by atoms with Crippen LogP contribution in [0.1, 0.15) is 24.0 Å². The SMILES string of the molecule is CSCCC(NC(=O)C(Cc1ccccc1)NC(=O)C(CCSC)NC(=O)C(N)Cc1ccc(O)cc1)C(=O)O. The zero-order valence-corrected chi connectivity index (χ0v) is 24.3. The average Bonchev–Trinajstić information content (AvgIpc) is 2.94.